The van der Waals surface area contributed by atoms with Crippen molar-refractivity contribution in [3.63, 3.8) is 0 Å². The van der Waals surface area contributed by atoms with Crippen molar-refractivity contribution in [2.24, 2.45) is 0 Å². The van der Waals surface area contributed by atoms with E-state index < -0.39 is 23.9 Å². The van der Waals surface area contributed by atoms with Gasteiger partial charge in [-0.2, -0.15) is 0 Å². The van der Waals surface area contributed by atoms with E-state index in [1.165, 1.54) is 4.90 Å². The largest absolute Gasteiger partial charge is 0.486 e. The zero-order chi connectivity index (χ0) is 18.7. The first kappa shape index (κ1) is 18.0. The lowest BCUT2D eigenvalue weighted by molar-refractivity contribution is -0.153. The van der Waals surface area contributed by atoms with Crippen LogP contribution in [0.1, 0.15) is 18.6 Å². The third-order valence-corrected chi connectivity index (χ3v) is 4.33. The summed E-state index contributed by atoms with van der Waals surface area (Å²) in [5, 5.41) is 12.8. The second kappa shape index (κ2) is 7.61. The molecule has 1 aromatic carbocycles. The quantitative estimate of drug-likeness (QED) is 0.723. The molecule has 2 heterocycles. The van der Waals surface area contributed by atoms with Crippen LogP contribution in [-0.4, -0.2) is 72.1 Å². The molecule has 0 aromatic heterocycles. The predicted octanol–water partition coefficient (Wildman–Crippen LogP) is -0.108. The number of aliphatic hydroxyl groups excluding tert-OH is 1. The Balaban J connectivity index is 1.57. The highest BCUT2D eigenvalue weighted by Crippen LogP contribution is 2.32. The van der Waals surface area contributed by atoms with Crippen molar-refractivity contribution in [3.05, 3.63) is 23.8 Å². The van der Waals surface area contributed by atoms with Crippen LogP contribution in [0, 0.1) is 0 Å². The van der Waals surface area contributed by atoms with Crippen LogP contribution in [0.25, 0.3) is 0 Å². The minimum atomic E-state index is -0.988. The Bertz CT molecular complexity index is 722. The number of ether oxygens (including phenoxy) is 2. The maximum atomic E-state index is 12.2. The zero-order valence-corrected chi connectivity index (χ0v) is 14.4. The fourth-order valence-electron chi connectivity index (χ4n) is 2.83. The number of fused-ring (bicyclic) bond motifs is 1. The summed E-state index contributed by atoms with van der Waals surface area (Å²) in [6.07, 6.45) is -0.988. The Morgan fingerprint density at radius 1 is 1.19 bits per heavy atom. The minimum absolute atomic E-state index is 0.103. The highest BCUT2D eigenvalue weighted by atomic mass is 16.6. The molecule has 0 radical (unpaired) electrons. The van der Waals surface area contributed by atoms with Gasteiger partial charge in [0.25, 0.3) is 0 Å². The Kier molecular flexibility index (Phi) is 5.27. The number of urea groups is 1. The van der Waals surface area contributed by atoms with Crippen molar-refractivity contribution >= 4 is 17.8 Å². The molecule has 3 rings (SSSR count). The Hall–Kier alpha value is -2.81. The summed E-state index contributed by atoms with van der Waals surface area (Å²) < 4.78 is 10.9. The molecule has 0 spiro atoms. The summed E-state index contributed by atoms with van der Waals surface area (Å²) >= 11 is 0. The number of imide groups is 1. The molecule has 26 heavy (non-hydrogen) atoms. The number of nitrogens with one attached hydrogen (secondary N) is 1. The van der Waals surface area contributed by atoms with Crippen molar-refractivity contribution < 1.29 is 29.0 Å². The standard InChI is InChI=1S/C17H21N3O6/c1-2-19-5-6-20(16(23)15(19)22)17(24)18-10-12(21)11-3-4-13-14(9-11)26-8-7-25-13/h3-4,9,12,21H,2,5-8,10H2,1H3,(H,18,24)/t12-/m0/s1. The van der Waals surface area contributed by atoms with E-state index in [1.807, 2.05) is 0 Å². The lowest BCUT2D eigenvalue weighted by Gasteiger charge is -2.31. The number of rotatable bonds is 4. The van der Waals surface area contributed by atoms with Crippen molar-refractivity contribution in [2.45, 2.75) is 13.0 Å². The van der Waals surface area contributed by atoms with Crippen LogP contribution in [0.4, 0.5) is 4.79 Å². The van der Waals surface area contributed by atoms with E-state index in [9.17, 15) is 19.5 Å². The molecule has 2 aliphatic rings. The van der Waals surface area contributed by atoms with Gasteiger partial charge in [0.2, 0.25) is 0 Å². The summed E-state index contributed by atoms with van der Waals surface area (Å²) in [6, 6.07) is 4.33. The first-order valence-electron chi connectivity index (χ1n) is 8.47. The van der Waals surface area contributed by atoms with E-state index in [0.29, 0.717) is 43.4 Å². The first-order chi connectivity index (χ1) is 12.5. The molecule has 1 fully saturated rings. The van der Waals surface area contributed by atoms with Crippen LogP contribution in [-0.2, 0) is 9.59 Å². The van der Waals surface area contributed by atoms with Crippen LogP contribution >= 0.6 is 0 Å². The van der Waals surface area contributed by atoms with E-state index in [-0.39, 0.29) is 13.1 Å². The molecule has 1 atom stereocenters. The Morgan fingerprint density at radius 2 is 1.92 bits per heavy atom. The number of benzene rings is 1. The van der Waals surface area contributed by atoms with Crippen LogP contribution in [0.5, 0.6) is 11.5 Å². The van der Waals surface area contributed by atoms with Gasteiger partial charge in [0.15, 0.2) is 11.5 Å². The molecular formula is C17H21N3O6. The van der Waals surface area contributed by atoms with Crippen molar-refractivity contribution in [2.75, 3.05) is 39.4 Å². The normalized spacial score (nSPS) is 17.9. The van der Waals surface area contributed by atoms with E-state index >= 15 is 0 Å². The van der Waals surface area contributed by atoms with Gasteiger partial charge in [-0.1, -0.05) is 6.07 Å². The number of hydrogen-bond acceptors (Lipinski definition) is 6. The average Bonchev–Trinajstić information content (AvgIpc) is 2.67. The summed E-state index contributed by atoms with van der Waals surface area (Å²) in [5.41, 5.74) is 0.549. The van der Waals surface area contributed by atoms with Gasteiger partial charge in [-0.25, -0.2) is 4.79 Å². The van der Waals surface area contributed by atoms with Crippen LogP contribution in [0.2, 0.25) is 0 Å². The molecule has 0 bridgehead atoms. The fourth-order valence-corrected chi connectivity index (χ4v) is 2.83. The van der Waals surface area contributed by atoms with Gasteiger partial charge in [0.1, 0.15) is 13.2 Å². The van der Waals surface area contributed by atoms with Crippen molar-refractivity contribution in [3.8, 4) is 11.5 Å². The van der Waals surface area contributed by atoms with Crippen molar-refractivity contribution in [1.82, 2.24) is 15.1 Å². The molecule has 140 valence electrons. The molecule has 0 unspecified atom stereocenters. The average molecular weight is 363 g/mol. The number of nitrogens with zero attached hydrogens (tertiary/aromatic N) is 2. The number of carbonyl (C=O) groups excluding carboxylic acids is 3. The number of likely N-dealkylation sites (N-methyl/N-ethyl adjacent to an activating group) is 1. The summed E-state index contributed by atoms with van der Waals surface area (Å²) in [6.45, 7) is 3.43. The molecule has 0 aliphatic carbocycles. The van der Waals surface area contributed by atoms with Crippen LogP contribution < -0.4 is 14.8 Å². The van der Waals surface area contributed by atoms with Crippen LogP contribution in [0.15, 0.2) is 18.2 Å². The summed E-state index contributed by atoms with van der Waals surface area (Å²) in [4.78, 5) is 38.3. The molecule has 9 heteroatoms. The number of piperazine rings is 1. The second-order valence-corrected chi connectivity index (χ2v) is 5.95. The number of carbonyl (C=O) groups is 3. The van der Waals surface area contributed by atoms with E-state index in [4.69, 9.17) is 9.47 Å². The van der Waals surface area contributed by atoms with Gasteiger partial charge in [-0.3, -0.25) is 14.5 Å². The number of aliphatic hydroxyl groups is 1. The number of hydrogen-bond donors (Lipinski definition) is 2. The van der Waals surface area contributed by atoms with Gasteiger partial charge >= 0.3 is 17.8 Å². The third-order valence-electron chi connectivity index (χ3n) is 4.33. The van der Waals surface area contributed by atoms with Crippen molar-refractivity contribution in [1.29, 1.82) is 0 Å². The first-order valence-corrected chi connectivity index (χ1v) is 8.47. The lowest BCUT2D eigenvalue weighted by atomic mass is 10.1. The molecule has 2 aliphatic heterocycles. The molecule has 0 saturated carbocycles. The second-order valence-electron chi connectivity index (χ2n) is 5.95. The van der Waals surface area contributed by atoms with Gasteiger partial charge in [0.05, 0.1) is 6.10 Å². The van der Waals surface area contributed by atoms with Gasteiger partial charge in [0, 0.05) is 26.2 Å². The predicted molar refractivity (Wildman–Crippen MR) is 89.8 cm³/mol. The monoisotopic (exact) mass is 363 g/mol. The Labute approximate surface area is 150 Å². The van der Waals surface area contributed by atoms with Gasteiger partial charge in [-0.05, 0) is 24.6 Å². The maximum absolute atomic E-state index is 12.2. The summed E-state index contributed by atoms with van der Waals surface area (Å²) in [7, 11) is 0. The molecule has 1 aromatic rings. The van der Waals surface area contributed by atoms with E-state index in [1.54, 1.807) is 25.1 Å². The van der Waals surface area contributed by atoms with Crippen LogP contribution in [0.3, 0.4) is 0 Å². The van der Waals surface area contributed by atoms with Gasteiger partial charge in [-0.15, -0.1) is 0 Å². The molecule has 9 nitrogen and oxygen atoms in total. The number of amides is 4. The lowest BCUT2D eigenvalue weighted by Crippen LogP contribution is -2.58. The molecular weight excluding hydrogens is 342 g/mol. The third kappa shape index (κ3) is 3.57. The SMILES string of the molecule is CCN1CCN(C(=O)NC[C@H](O)c2ccc3c(c2)OCCO3)C(=O)C1=O. The summed E-state index contributed by atoms with van der Waals surface area (Å²) in [5.74, 6) is -0.407. The fraction of sp³-hybridized carbons (Fsp3) is 0.471. The maximum Gasteiger partial charge on any atom is 0.324 e. The van der Waals surface area contributed by atoms with Gasteiger partial charge < -0.3 is 24.8 Å². The topological polar surface area (TPSA) is 108 Å². The smallest absolute Gasteiger partial charge is 0.324 e. The minimum Gasteiger partial charge on any atom is -0.486 e. The zero-order valence-electron chi connectivity index (χ0n) is 14.4. The molecule has 2 N–H and O–H groups in total. The molecule has 1 saturated heterocycles. The molecule has 4 amide bonds. The Morgan fingerprint density at radius 3 is 2.65 bits per heavy atom. The highest BCUT2D eigenvalue weighted by Gasteiger charge is 2.35. The van der Waals surface area contributed by atoms with E-state index in [2.05, 4.69) is 5.32 Å². The highest BCUT2D eigenvalue weighted by molar-refractivity contribution is 6.38. The van der Waals surface area contributed by atoms with E-state index in [0.717, 1.165) is 4.90 Å².